The molecule has 4 rings (SSSR count). The van der Waals surface area contributed by atoms with Crippen LogP contribution in [0.4, 0.5) is 11.4 Å². The van der Waals surface area contributed by atoms with Crippen LogP contribution >= 0.6 is 0 Å². The van der Waals surface area contributed by atoms with Crippen molar-refractivity contribution in [2.24, 2.45) is 0 Å². The number of aromatic nitrogens is 3. The smallest absolute Gasteiger partial charge is 0.246 e. The average Bonchev–Trinajstić information content (AvgIpc) is 3.28. The van der Waals surface area contributed by atoms with Crippen LogP contribution in [-0.4, -0.2) is 40.0 Å². The molecule has 0 aliphatic carbocycles. The summed E-state index contributed by atoms with van der Waals surface area (Å²) in [6.07, 6.45) is 7.50. The SMILES string of the molecule is CC(=O)Nc1ccc(Oc2nc(-c3cccnc3)ncc2NC[C@@H]2CCCN2)cc1. The van der Waals surface area contributed by atoms with Gasteiger partial charge in [-0.2, -0.15) is 4.98 Å². The fourth-order valence-corrected chi connectivity index (χ4v) is 3.28. The first kappa shape index (κ1) is 19.8. The first-order chi connectivity index (χ1) is 14.7. The van der Waals surface area contributed by atoms with Crippen molar-refractivity contribution in [3.63, 3.8) is 0 Å². The zero-order valence-electron chi connectivity index (χ0n) is 16.8. The number of anilines is 2. The van der Waals surface area contributed by atoms with Crippen molar-refractivity contribution >= 4 is 17.3 Å². The van der Waals surface area contributed by atoms with Gasteiger partial charge in [0.05, 0.1) is 6.20 Å². The first-order valence-corrected chi connectivity index (χ1v) is 9.97. The quantitative estimate of drug-likeness (QED) is 0.554. The van der Waals surface area contributed by atoms with Crippen molar-refractivity contribution < 1.29 is 9.53 Å². The summed E-state index contributed by atoms with van der Waals surface area (Å²) in [6.45, 7) is 3.29. The second-order valence-electron chi connectivity index (χ2n) is 7.14. The van der Waals surface area contributed by atoms with Crippen LogP contribution in [0.25, 0.3) is 11.4 Å². The third-order valence-corrected chi connectivity index (χ3v) is 4.76. The van der Waals surface area contributed by atoms with Gasteiger partial charge >= 0.3 is 0 Å². The summed E-state index contributed by atoms with van der Waals surface area (Å²) in [5.74, 6) is 1.47. The molecule has 1 fully saturated rings. The molecule has 0 spiro atoms. The molecular weight excluding hydrogens is 380 g/mol. The highest BCUT2D eigenvalue weighted by atomic mass is 16.5. The second-order valence-corrected chi connectivity index (χ2v) is 7.14. The molecule has 0 unspecified atom stereocenters. The van der Waals surface area contributed by atoms with Crippen LogP contribution in [0.1, 0.15) is 19.8 Å². The number of pyridine rings is 1. The minimum atomic E-state index is -0.118. The summed E-state index contributed by atoms with van der Waals surface area (Å²) in [7, 11) is 0. The molecule has 8 heteroatoms. The average molecular weight is 404 g/mol. The molecule has 154 valence electrons. The number of hydrogen-bond acceptors (Lipinski definition) is 7. The lowest BCUT2D eigenvalue weighted by Gasteiger charge is -2.16. The Morgan fingerprint density at radius 3 is 2.80 bits per heavy atom. The summed E-state index contributed by atoms with van der Waals surface area (Å²) < 4.78 is 6.08. The van der Waals surface area contributed by atoms with E-state index in [1.807, 2.05) is 12.1 Å². The van der Waals surface area contributed by atoms with E-state index in [9.17, 15) is 4.79 Å². The van der Waals surface area contributed by atoms with E-state index < -0.39 is 0 Å². The van der Waals surface area contributed by atoms with Gasteiger partial charge in [-0.3, -0.25) is 9.78 Å². The van der Waals surface area contributed by atoms with E-state index in [1.54, 1.807) is 42.9 Å². The van der Waals surface area contributed by atoms with Gasteiger partial charge in [-0.25, -0.2) is 4.98 Å². The summed E-state index contributed by atoms with van der Waals surface area (Å²) >= 11 is 0. The lowest BCUT2D eigenvalue weighted by atomic mass is 10.2. The van der Waals surface area contributed by atoms with Crippen molar-refractivity contribution in [3.05, 3.63) is 55.0 Å². The standard InChI is InChI=1S/C22H24N6O2/c1-15(29)27-17-6-8-19(9-7-17)30-22-20(25-13-18-5-3-11-24-18)14-26-21(28-22)16-4-2-10-23-12-16/h2,4,6-10,12,14,18,24-25H,3,5,11,13H2,1H3,(H,27,29)/t18-/m0/s1. The van der Waals surface area contributed by atoms with Gasteiger partial charge in [-0.15, -0.1) is 0 Å². The highest BCUT2D eigenvalue weighted by Crippen LogP contribution is 2.30. The lowest BCUT2D eigenvalue weighted by Crippen LogP contribution is -2.29. The van der Waals surface area contributed by atoms with E-state index in [0.717, 1.165) is 30.8 Å². The number of amides is 1. The fourth-order valence-electron chi connectivity index (χ4n) is 3.28. The predicted molar refractivity (Wildman–Crippen MR) is 116 cm³/mol. The van der Waals surface area contributed by atoms with Crippen LogP contribution in [0.5, 0.6) is 11.6 Å². The van der Waals surface area contributed by atoms with Gasteiger partial charge in [0.15, 0.2) is 5.82 Å². The van der Waals surface area contributed by atoms with Crippen LogP contribution in [0.2, 0.25) is 0 Å². The van der Waals surface area contributed by atoms with Crippen LogP contribution < -0.4 is 20.7 Å². The number of benzene rings is 1. The molecule has 0 radical (unpaired) electrons. The highest BCUT2D eigenvalue weighted by molar-refractivity contribution is 5.88. The Morgan fingerprint density at radius 1 is 1.23 bits per heavy atom. The van der Waals surface area contributed by atoms with Gasteiger partial charge in [0.2, 0.25) is 11.8 Å². The van der Waals surface area contributed by atoms with Gasteiger partial charge in [0.1, 0.15) is 11.4 Å². The van der Waals surface area contributed by atoms with E-state index in [1.165, 1.54) is 13.3 Å². The van der Waals surface area contributed by atoms with Crippen LogP contribution in [-0.2, 0) is 4.79 Å². The summed E-state index contributed by atoms with van der Waals surface area (Å²) in [5, 5.41) is 9.62. The number of hydrogen-bond donors (Lipinski definition) is 3. The van der Waals surface area contributed by atoms with Crippen molar-refractivity contribution in [1.82, 2.24) is 20.3 Å². The topological polar surface area (TPSA) is 101 Å². The molecule has 1 saturated heterocycles. The Balaban J connectivity index is 1.57. The van der Waals surface area contributed by atoms with E-state index in [0.29, 0.717) is 29.2 Å². The minimum Gasteiger partial charge on any atom is -0.437 e. The molecule has 1 aromatic carbocycles. The molecule has 3 N–H and O–H groups in total. The fraction of sp³-hybridized carbons (Fsp3) is 0.273. The van der Waals surface area contributed by atoms with E-state index in [-0.39, 0.29) is 5.91 Å². The van der Waals surface area contributed by atoms with Gasteiger partial charge in [0.25, 0.3) is 0 Å². The molecule has 30 heavy (non-hydrogen) atoms. The number of carbonyl (C=O) groups excluding carboxylic acids is 1. The first-order valence-electron chi connectivity index (χ1n) is 9.97. The van der Waals surface area contributed by atoms with Crippen LogP contribution in [0, 0.1) is 0 Å². The monoisotopic (exact) mass is 404 g/mol. The van der Waals surface area contributed by atoms with Crippen molar-refractivity contribution in [3.8, 4) is 23.0 Å². The predicted octanol–water partition coefficient (Wildman–Crippen LogP) is 3.45. The Morgan fingerprint density at radius 2 is 2.10 bits per heavy atom. The molecular formula is C22H24N6O2. The molecule has 0 saturated carbocycles. The summed E-state index contributed by atoms with van der Waals surface area (Å²) in [6, 6.07) is 11.3. The Kier molecular flexibility index (Phi) is 6.14. The molecule has 2 aromatic heterocycles. The van der Waals surface area contributed by atoms with E-state index >= 15 is 0 Å². The maximum absolute atomic E-state index is 11.2. The number of carbonyl (C=O) groups is 1. The zero-order valence-corrected chi connectivity index (χ0v) is 16.8. The van der Waals surface area contributed by atoms with Crippen molar-refractivity contribution in [1.29, 1.82) is 0 Å². The number of nitrogens with zero attached hydrogens (tertiary/aromatic N) is 3. The number of nitrogens with one attached hydrogen (secondary N) is 3. The van der Waals surface area contributed by atoms with Gasteiger partial charge in [-0.05, 0) is 55.8 Å². The second kappa shape index (κ2) is 9.32. The molecule has 1 atom stereocenters. The zero-order chi connectivity index (χ0) is 20.8. The normalized spacial score (nSPS) is 15.6. The third-order valence-electron chi connectivity index (χ3n) is 4.76. The maximum atomic E-state index is 11.2. The number of ether oxygens (including phenoxy) is 1. The minimum absolute atomic E-state index is 0.118. The van der Waals surface area contributed by atoms with E-state index in [2.05, 4.69) is 30.9 Å². The highest BCUT2D eigenvalue weighted by Gasteiger charge is 2.16. The molecule has 8 nitrogen and oxygen atoms in total. The van der Waals surface area contributed by atoms with Crippen LogP contribution in [0.3, 0.4) is 0 Å². The largest absolute Gasteiger partial charge is 0.437 e. The maximum Gasteiger partial charge on any atom is 0.246 e. The summed E-state index contributed by atoms with van der Waals surface area (Å²) in [4.78, 5) is 24.5. The molecule has 1 amide bonds. The Hall–Kier alpha value is -3.52. The Bertz CT molecular complexity index is 988. The van der Waals surface area contributed by atoms with Crippen LogP contribution in [0.15, 0.2) is 55.0 Å². The third kappa shape index (κ3) is 5.09. The van der Waals surface area contributed by atoms with Gasteiger partial charge in [-0.1, -0.05) is 0 Å². The van der Waals surface area contributed by atoms with Gasteiger partial charge in [0, 0.05) is 43.2 Å². The number of rotatable bonds is 7. The molecule has 1 aliphatic rings. The van der Waals surface area contributed by atoms with Gasteiger partial charge < -0.3 is 20.7 Å². The lowest BCUT2D eigenvalue weighted by molar-refractivity contribution is -0.114. The van der Waals surface area contributed by atoms with Crippen molar-refractivity contribution in [2.45, 2.75) is 25.8 Å². The Labute approximate surface area is 175 Å². The molecule has 1 aliphatic heterocycles. The molecule has 0 bridgehead atoms. The van der Waals surface area contributed by atoms with E-state index in [4.69, 9.17) is 4.74 Å². The molecule has 3 heterocycles. The molecule has 3 aromatic rings. The summed E-state index contributed by atoms with van der Waals surface area (Å²) in [5.41, 5.74) is 2.24. The van der Waals surface area contributed by atoms with Crippen molar-refractivity contribution in [2.75, 3.05) is 23.7 Å².